The second-order valence-electron chi connectivity index (χ2n) is 10.2. The van der Waals surface area contributed by atoms with Gasteiger partial charge in [-0.05, 0) is 47.9 Å². The summed E-state index contributed by atoms with van der Waals surface area (Å²) in [6.07, 6.45) is 1.94. The Morgan fingerprint density at radius 1 is 0.971 bits per heavy atom. The first-order valence-corrected chi connectivity index (χ1v) is 12.4. The maximum atomic E-state index is 13.9. The highest BCUT2D eigenvalue weighted by atomic mass is 35.5. The Kier molecular flexibility index (Phi) is 5.69. The summed E-state index contributed by atoms with van der Waals surface area (Å²) in [7, 11) is 0. The maximum Gasteiger partial charge on any atom is 0.367 e. The van der Waals surface area contributed by atoms with Crippen LogP contribution in [0.4, 0.5) is 5.69 Å². The lowest BCUT2D eigenvalue weighted by atomic mass is 9.64. The molecule has 2 aliphatic carbocycles. The molecule has 2 atom stereocenters. The highest BCUT2D eigenvalue weighted by Gasteiger charge is 2.71. The van der Waals surface area contributed by atoms with E-state index in [-0.39, 0.29) is 21.9 Å². The van der Waals surface area contributed by atoms with E-state index in [1.807, 2.05) is 42.5 Å². The molecule has 0 heterocycles. The minimum Gasteiger partial charge on any atom is -0.325 e. The number of benzene rings is 3. The first kappa shape index (κ1) is 23.8. The molecule has 0 aromatic heterocycles. The zero-order valence-electron chi connectivity index (χ0n) is 19.8. The smallest absolute Gasteiger partial charge is 0.325 e. The van der Waals surface area contributed by atoms with Gasteiger partial charge >= 0.3 is 5.97 Å². The number of fused-ring (bicyclic) bond motifs is 3. The number of nitrogens with one attached hydrogen (secondary N) is 1. The molecular weight excluding hydrogens is 483 g/mol. The van der Waals surface area contributed by atoms with Gasteiger partial charge in [0.15, 0.2) is 0 Å². The molecule has 0 aliphatic heterocycles. The number of nitrogens with zero attached hydrogens (tertiary/aromatic N) is 1. The van der Waals surface area contributed by atoms with E-state index >= 15 is 0 Å². The number of halogens is 2. The van der Waals surface area contributed by atoms with Crippen molar-refractivity contribution in [3.8, 4) is 0 Å². The van der Waals surface area contributed by atoms with Crippen LogP contribution in [0, 0.1) is 16.2 Å². The third-order valence-electron chi connectivity index (χ3n) is 8.60. The maximum absolute atomic E-state index is 13.9. The van der Waals surface area contributed by atoms with Crippen LogP contribution in [0.3, 0.4) is 0 Å². The molecule has 1 N–H and O–H groups in total. The van der Waals surface area contributed by atoms with Crippen molar-refractivity contribution in [3.63, 3.8) is 0 Å². The van der Waals surface area contributed by atoms with Crippen LogP contribution in [0.5, 0.6) is 0 Å². The van der Waals surface area contributed by atoms with Gasteiger partial charge in [-0.3, -0.25) is 4.79 Å². The van der Waals surface area contributed by atoms with E-state index in [0.717, 1.165) is 35.0 Å². The largest absolute Gasteiger partial charge is 0.367 e. The molecule has 2 bridgehead atoms. The molecule has 35 heavy (non-hydrogen) atoms. The highest BCUT2D eigenvalue weighted by Crippen LogP contribution is 2.71. The Balaban J connectivity index is 1.43. The van der Waals surface area contributed by atoms with Crippen molar-refractivity contribution in [3.05, 3.63) is 76.3 Å². The Labute approximate surface area is 214 Å². The van der Waals surface area contributed by atoms with Crippen molar-refractivity contribution in [1.82, 2.24) is 0 Å². The van der Waals surface area contributed by atoms with Crippen LogP contribution in [0.2, 0.25) is 10.0 Å². The normalized spacial score (nSPS) is 25.7. The van der Waals surface area contributed by atoms with E-state index in [1.54, 1.807) is 6.07 Å². The Bertz CT molecular complexity index is 1390. The summed E-state index contributed by atoms with van der Waals surface area (Å²) in [4.78, 5) is 31.9. The van der Waals surface area contributed by atoms with Crippen molar-refractivity contribution in [2.75, 3.05) is 5.32 Å². The molecule has 5 nitrogen and oxygen atoms in total. The lowest BCUT2D eigenvalue weighted by Gasteiger charge is -2.39. The van der Waals surface area contributed by atoms with Gasteiger partial charge in [0.2, 0.25) is 5.91 Å². The first-order valence-electron chi connectivity index (χ1n) is 11.6. The van der Waals surface area contributed by atoms with E-state index in [0.29, 0.717) is 11.4 Å². The van der Waals surface area contributed by atoms with Gasteiger partial charge in [-0.25, -0.2) is 4.79 Å². The molecule has 5 rings (SSSR count). The van der Waals surface area contributed by atoms with Crippen LogP contribution < -0.4 is 5.32 Å². The van der Waals surface area contributed by atoms with Gasteiger partial charge in [0.25, 0.3) is 0 Å². The van der Waals surface area contributed by atoms with E-state index in [1.165, 1.54) is 12.1 Å². The number of carbonyl (C=O) groups excluding carboxylic acids is 2. The fourth-order valence-corrected chi connectivity index (χ4v) is 6.39. The van der Waals surface area contributed by atoms with Crippen molar-refractivity contribution >= 4 is 57.2 Å². The molecule has 0 saturated heterocycles. The molecule has 0 spiro atoms. The van der Waals surface area contributed by atoms with Crippen molar-refractivity contribution < 1.29 is 14.4 Å². The van der Waals surface area contributed by atoms with Crippen LogP contribution in [0.15, 0.2) is 65.8 Å². The van der Waals surface area contributed by atoms with Gasteiger partial charge in [0, 0.05) is 27.9 Å². The average Bonchev–Trinajstić information content (AvgIpc) is 3.13. The fraction of sp³-hybridized carbons (Fsp3) is 0.321. The van der Waals surface area contributed by atoms with Crippen LogP contribution in [0.25, 0.3) is 10.8 Å². The Morgan fingerprint density at radius 3 is 2.49 bits per heavy atom. The van der Waals surface area contributed by atoms with Gasteiger partial charge in [0.05, 0.1) is 21.7 Å². The van der Waals surface area contributed by atoms with Crippen molar-refractivity contribution in [1.29, 1.82) is 0 Å². The molecule has 1 amide bonds. The molecule has 0 radical (unpaired) electrons. The van der Waals surface area contributed by atoms with Crippen LogP contribution >= 0.6 is 23.2 Å². The second kappa shape index (κ2) is 8.35. The molecule has 2 unspecified atom stereocenters. The molecule has 180 valence electrons. The molecule has 3 aromatic rings. The number of anilines is 1. The van der Waals surface area contributed by atoms with Crippen LogP contribution in [0.1, 0.15) is 50.4 Å². The quantitative estimate of drug-likeness (QED) is 0.292. The monoisotopic (exact) mass is 508 g/mol. The number of carbonyl (C=O) groups is 2. The van der Waals surface area contributed by atoms with E-state index in [2.05, 4.69) is 31.2 Å². The average molecular weight is 509 g/mol. The van der Waals surface area contributed by atoms with Gasteiger partial charge < -0.3 is 10.2 Å². The summed E-state index contributed by atoms with van der Waals surface area (Å²) in [6, 6.07) is 18.5. The number of rotatable bonds is 4. The summed E-state index contributed by atoms with van der Waals surface area (Å²) in [5.74, 6) is -0.683. The summed E-state index contributed by atoms with van der Waals surface area (Å²) >= 11 is 12.1. The number of amides is 1. The molecular formula is C28H26Cl2N2O3. The topological polar surface area (TPSA) is 67.8 Å². The zero-order chi connectivity index (χ0) is 25.0. The number of hydrogen-bond donors (Lipinski definition) is 1. The lowest BCUT2D eigenvalue weighted by Crippen LogP contribution is -2.43. The minimum absolute atomic E-state index is 0.0279. The number of oxime groups is 1. The SMILES string of the molecule is CC12CCC(C(=O)Nc3cccc4ccccc34)(C/C1=N\OC(=O)c1ccc(Cl)cc1Cl)C2(C)C. The lowest BCUT2D eigenvalue weighted by molar-refractivity contribution is -0.130. The standard InChI is InChI=1S/C28H26Cl2N2O3/c1-26(2)27(3)13-14-28(26,25(34)31-22-10-6-8-17-7-4-5-9-19(17)22)16-23(27)32-35-24(33)20-12-11-18(29)15-21(20)30/h4-12,15H,13-14,16H2,1-3H3,(H,31,34)/b32-23+. The number of hydrogen-bond acceptors (Lipinski definition) is 4. The van der Waals surface area contributed by atoms with Gasteiger partial charge in [-0.2, -0.15) is 0 Å². The zero-order valence-corrected chi connectivity index (χ0v) is 21.3. The summed E-state index contributed by atoms with van der Waals surface area (Å²) in [5.41, 5.74) is 0.269. The van der Waals surface area contributed by atoms with Crippen LogP contribution in [-0.4, -0.2) is 17.6 Å². The third kappa shape index (κ3) is 3.56. The molecule has 7 heteroatoms. The summed E-state index contributed by atoms with van der Waals surface area (Å²) < 4.78 is 0. The Morgan fingerprint density at radius 2 is 1.71 bits per heavy atom. The predicted octanol–water partition coefficient (Wildman–Crippen LogP) is 7.51. The Hall–Kier alpha value is -2.89. The van der Waals surface area contributed by atoms with E-state index in [4.69, 9.17) is 28.0 Å². The minimum atomic E-state index is -0.665. The molecule has 3 aromatic carbocycles. The predicted molar refractivity (Wildman–Crippen MR) is 140 cm³/mol. The van der Waals surface area contributed by atoms with E-state index in [9.17, 15) is 9.59 Å². The van der Waals surface area contributed by atoms with Gasteiger partial charge in [-0.15, -0.1) is 0 Å². The van der Waals surface area contributed by atoms with Gasteiger partial charge in [-0.1, -0.05) is 85.5 Å². The fourth-order valence-electron chi connectivity index (χ4n) is 5.90. The van der Waals surface area contributed by atoms with Gasteiger partial charge in [0.1, 0.15) is 0 Å². The summed E-state index contributed by atoms with van der Waals surface area (Å²) in [5, 5.41) is 10.2. The van der Waals surface area contributed by atoms with E-state index < -0.39 is 16.8 Å². The van der Waals surface area contributed by atoms with Crippen LogP contribution in [-0.2, 0) is 9.63 Å². The molecule has 2 saturated carbocycles. The summed E-state index contributed by atoms with van der Waals surface area (Å²) in [6.45, 7) is 6.33. The molecule has 2 fully saturated rings. The van der Waals surface area contributed by atoms with Crippen molar-refractivity contribution in [2.24, 2.45) is 21.4 Å². The third-order valence-corrected chi connectivity index (χ3v) is 9.14. The highest BCUT2D eigenvalue weighted by molar-refractivity contribution is 6.36. The second-order valence-corrected chi connectivity index (χ2v) is 11.1. The molecule has 2 aliphatic rings. The van der Waals surface area contributed by atoms with Crippen molar-refractivity contribution in [2.45, 2.75) is 40.0 Å². The first-order chi connectivity index (χ1) is 16.6.